The number of aromatic nitrogens is 2. The lowest BCUT2D eigenvalue weighted by Gasteiger charge is -2.33. The minimum Gasteiger partial charge on any atom is -0.335 e. The summed E-state index contributed by atoms with van der Waals surface area (Å²) < 4.78 is 5.30. The summed E-state index contributed by atoms with van der Waals surface area (Å²) in [4.78, 5) is 20.8. The van der Waals surface area contributed by atoms with Gasteiger partial charge in [0.25, 0.3) is 5.91 Å². The maximum atomic E-state index is 12.6. The summed E-state index contributed by atoms with van der Waals surface area (Å²) in [6.45, 7) is 6.43. The third-order valence-corrected chi connectivity index (χ3v) is 4.49. The van der Waals surface area contributed by atoms with E-state index in [9.17, 15) is 4.79 Å². The predicted octanol–water partition coefficient (Wildman–Crippen LogP) is 3.46. The van der Waals surface area contributed by atoms with Gasteiger partial charge < -0.3 is 14.3 Å². The topological polar surface area (TPSA) is 62.5 Å². The van der Waals surface area contributed by atoms with E-state index in [0.29, 0.717) is 53.6 Å². The molecule has 1 aromatic carbocycles. The molecule has 128 valence electrons. The van der Waals surface area contributed by atoms with Crippen molar-refractivity contribution in [3.05, 3.63) is 39.6 Å². The van der Waals surface area contributed by atoms with Crippen LogP contribution in [0.25, 0.3) is 0 Å². The Balaban J connectivity index is 1.64. The summed E-state index contributed by atoms with van der Waals surface area (Å²) in [6, 6.07) is 5.42. The van der Waals surface area contributed by atoms with E-state index in [2.05, 4.69) is 10.1 Å². The summed E-state index contributed by atoms with van der Waals surface area (Å²) in [7, 11) is 0. The van der Waals surface area contributed by atoms with Crippen molar-refractivity contribution < 1.29 is 9.32 Å². The SMILES string of the molecule is CC(C)c1noc(N2CCN(C(=O)c3ccc(Cl)cc3Cl)CC2)n1. The number of piperazine rings is 1. The number of nitrogens with zero attached hydrogens (tertiary/aromatic N) is 4. The number of anilines is 1. The maximum absolute atomic E-state index is 12.6. The molecule has 0 N–H and O–H groups in total. The first-order valence-corrected chi connectivity index (χ1v) is 8.54. The van der Waals surface area contributed by atoms with Crippen molar-refractivity contribution in [2.75, 3.05) is 31.1 Å². The number of hydrogen-bond donors (Lipinski definition) is 0. The number of amides is 1. The highest BCUT2D eigenvalue weighted by atomic mass is 35.5. The van der Waals surface area contributed by atoms with Gasteiger partial charge in [0, 0.05) is 37.1 Å². The molecule has 2 heterocycles. The van der Waals surface area contributed by atoms with Gasteiger partial charge >= 0.3 is 6.01 Å². The van der Waals surface area contributed by atoms with Crippen molar-refractivity contribution in [3.8, 4) is 0 Å². The van der Waals surface area contributed by atoms with Crippen molar-refractivity contribution in [2.24, 2.45) is 0 Å². The molecule has 8 heteroatoms. The van der Waals surface area contributed by atoms with Crippen LogP contribution in [-0.4, -0.2) is 47.1 Å². The lowest BCUT2D eigenvalue weighted by molar-refractivity contribution is 0.0744. The molecular formula is C16H18Cl2N4O2. The summed E-state index contributed by atoms with van der Waals surface area (Å²) >= 11 is 12.0. The summed E-state index contributed by atoms with van der Waals surface area (Å²) in [5.41, 5.74) is 0.467. The normalized spacial score (nSPS) is 15.2. The molecule has 0 spiro atoms. The van der Waals surface area contributed by atoms with Gasteiger partial charge in [-0.15, -0.1) is 0 Å². The molecule has 6 nitrogen and oxygen atoms in total. The highest BCUT2D eigenvalue weighted by Gasteiger charge is 2.26. The number of hydrogen-bond acceptors (Lipinski definition) is 5. The van der Waals surface area contributed by atoms with E-state index in [1.54, 1.807) is 23.1 Å². The molecule has 0 atom stereocenters. The van der Waals surface area contributed by atoms with Crippen molar-refractivity contribution in [1.82, 2.24) is 15.0 Å². The molecule has 1 amide bonds. The molecule has 0 radical (unpaired) electrons. The molecule has 1 fully saturated rings. The highest BCUT2D eigenvalue weighted by Crippen LogP contribution is 2.23. The first kappa shape index (κ1) is 17.0. The zero-order chi connectivity index (χ0) is 17.3. The second-order valence-electron chi connectivity index (χ2n) is 5.99. The molecule has 2 aromatic rings. The number of carbonyl (C=O) groups is 1. The minimum atomic E-state index is -0.0929. The molecule has 1 aliphatic heterocycles. The van der Waals surface area contributed by atoms with Crippen LogP contribution in [-0.2, 0) is 0 Å². The van der Waals surface area contributed by atoms with Crippen LogP contribution in [0.5, 0.6) is 0 Å². The number of carbonyl (C=O) groups excluding carboxylic acids is 1. The van der Waals surface area contributed by atoms with E-state index < -0.39 is 0 Å². The molecular weight excluding hydrogens is 351 g/mol. The third kappa shape index (κ3) is 3.49. The van der Waals surface area contributed by atoms with Gasteiger partial charge in [-0.25, -0.2) is 0 Å². The Kier molecular flexibility index (Phi) is 4.96. The first-order chi connectivity index (χ1) is 11.5. The number of benzene rings is 1. The van der Waals surface area contributed by atoms with Crippen molar-refractivity contribution in [3.63, 3.8) is 0 Å². The monoisotopic (exact) mass is 368 g/mol. The van der Waals surface area contributed by atoms with Crippen LogP contribution in [0.3, 0.4) is 0 Å². The van der Waals surface area contributed by atoms with E-state index in [4.69, 9.17) is 27.7 Å². The fourth-order valence-electron chi connectivity index (χ4n) is 2.52. The van der Waals surface area contributed by atoms with E-state index in [0.717, 1.165) is 0 Å². The Hall–Kier alpha value is -1.79. The molecule has 1 aliphatic rings. The van der Waals surface area contributed by atoms with Gasteiger partial charge in [0.05, 0.1) is 10.6 Å². The van der Waals surface area contributed by atoms with E-state index in [1.165, 1.54) is 0 Å². The number of halogens is 2. The van der Waals surface area contributed by atoms with E-state index in [-0.39, 0.29) is 11.8 Å². The lowest BCUT2D eigenvalue weighted by Crippen LogP contribution is -2.49. The summed E-state index contributed by atoms with van der Waals surface area (Å²) in [5.74, 6) is 0.818. The Morgan fingerprint density at radius 2 is 1.92 bits per heavy atom. The predicted molar refractivity (Wildman–Crippen MR) is 93.0 cm³/mol. The van der Waals surface area contributed by atoms with Gasteiger partial charge in [0.15, 0.2) is 5.82 Å². The smallest absolute Gasteiger partial charge is 0.324 e. The molecule has 1 saturated heterocycles. The summed E-state index contributed by atoms with van der Waals surface area (Å²) in [6.07, 6.45) is 0. The van der Waals surface area contributed by atoms with Crippen LogP contribution in [0.1, 0.15) is 35.9 Å². The van der Waals surface area contributed by atoms with Crippen molar-refractivity contribution in [2.45, 2.75) is 19.8 Å². The van der Waals surface area contributed by atoms with E-state index >= 15 is 0 Å². The highest BCUT2D eigenvalue weighted by molar-refractivity contribution is 6.36. The fraction of sp³-hybridized carbons (Fsp3) is 0.438. The molecule has 0 saturated carbocycles. The third-order valence-electron chi connectivity index (χ3n) is 3.95. The first-order valence-electron chi connectivity index (χ1n) is 7.78. The minimum absolute atomic E-state index is 0.0929. The molecule has 24 heavy (non-hydrogen) atoms. The van der Waals surface area contributed by atoms with Gasteiger partial charge in [-0.1, -0.05) is 42.2 Å². The van der Waals surface area contributed by atoms with Crippen molar-refractivity contribution >= 4 is 35.1 Å². The quantitative estimate of drug-likeness (QED) is 0.829. The zero-order valence-electron chi connectivity index (χ0n) is 13.5. The second-order valence-corrected chi connectivity index (χ2v) is 6.84. The van der Waals surface area contributed by atoms with Gasteiger partial charge in [-0.2, -0.15) is 4.98 Å². The largest absolute Gasteiger partial charge is 0.335 e. The Labute approximate surface area is 150 Å². The summed E-state index contributed by atoms with van der Waals surface area (Å²) in [5, 5.41) is 4.86. The van der Waals surface area contributed by atoms with Gasteiger partial charge in [0.1, 0.15) is 0 Å². The second kappa shape index (κ2) is 6.99. The van der Waals surface area contributed by atoms with Gasteiger partial charge in [-0.05, 0) is 18.2 Å². The zero-order valence-corrected chi connectivity index (χ0v) is 15.0. The van der Waals surface area contributed by atoms with Crippen LogP contribution in [0.15, 0.2) is 22.7 Å². The van der Waals surface area contributed by atoms with Crippen LogP contribution in [0, 0.1) is 0 Å². The standard InChI is InChI=1S/C16H18Cl2N4O2/c1-10(2)14-19-16(24-20-14)22-7-5-21(6-8-22)15(23)12-4-3-11(17)9-13(12)18/h3-4,9-10H,5-8H2,1-2H3. The lowest BCUT2D eigenvalue weighted by atomic mass is 10.2. The average molecular weight is 369 g/mol. The van der Waals surface area contributed by atoms with Crippen LogP contribution >= 0.6 is 23.2 Å². The van der Waals surface area contributed by atoms with Crippen LogP contribution in [0.4, 0.5) is 6.01 Å². The van der Waals surface area contributed by atoms with Crippen LogP contribution in [0.2, 0.25) is 10.0 Å². The van der Waals surface area contributed by atoms with Crippen molar-refractivity contribution in [1.29, 1.82) is 0 Å². The molecule has 0 unspecified atom stereocenters. The molecule has 1 aromatic heterocycles. The number of rotatable bonds is 3. The maximum Gasteiger partial charge on any atom is 0.324 e. The van der Waals surface area contributed by atoms with Crippen LogP contribution < -0.4 is 4.90 Å². The molecule has 3 rings (SSSR count). The Morgan fingerprint density at radius 3 is 2.50 bits per heavy atom. The molecule has 0 aliphatic carbocycles. The molecule has 0 bridgehead atoms. The van der Waals surface area contributed by atoms with Gasteiger partial charge in [0.2, 0.25) is 0 Å². The fourth-order valence-corrected chi connectivity index (χ4v) is 3.01. The Morgan fingerprint density at radius 1 is 1.21 bits per heavy atom. The van der Waals surface area contributed by atoms with Gasteiger partial charge in [-0.3, -0.25) is 4.79 Å². The average Bonchev–Trinajstić information content (AvgIpc) is 3.05. The van der Waals surface area contributed by atoms with E-state index in [1.807, 2.05) is 18.7 Å². The Bertz CT molecular complexity index is 739.